The van der Waals surface area contributed by atoms with Crippen molar-refractivity contribution in [2.45, 2.75) is 33.4 Å². The summed E-state index contributed by atoms with van der Waals surface area (Å²) in [6, 6.07) is 15.2. The van der Waals surface area contributed by atoms with E-state index in [0.717, 1.165) is 5.69 Å². The summed E-state index contributed by atoms with van der Waals surface area (Å²) < 4.78 is 5.25. The van der Waals surface area contributed by atoms with E-state index in [1.165, 1.54) is 22.3 Å². The summed E-state index contributed by atoms with van der Waals surface area (Å²) in [5.74, 6) is 0. The van der Waals surface area contributed by atoms with Crippen LogP contribution in [0.4, 0.5) is 5.69 Å². The zero-order valence-corrected chi connectivity index (χ0v) is 12.7. The van der Waals surface area contributed by atoms with E-state index >= 15 is 0 Å². The number of hydrogen-bond donors (Lipinski definition) is 1. The molecule has 2 rings (SSSR count). The molecule has 1 N–H and O–H groups in total. The first-order valence-electron chi connectivity index (χ1n) is 7.01. The molecule has 2 aromatic rings. The standard InChI is InChI=1S/C18H23NO/c1-13-9-14(2)11-17(10-13)15(3)19-18-8-6-5-7-16(18)12-20-4/h5-11,15,19H,12H2,1-4H3. The van der Waals surface area contributed by atoms with Gasteiger partial charge in [0.05, 0.1) is 6.61 Å². The van der Waals surface area contributed by atoms with Crippen molar-refractivity contribution in [1.82, 2.24) is 0 Å². The quantitative estimate of drug-likeness (QED) is 0.855. The van der Waals surface area contributed by atoms with Gasteiger partial charge in [0.2, 0.25) is 0 Å². The number of methoxy groups -OCH3 is 1. The summed E-state index contributed by atoms with van der Waals surface area (Å²) in [4.78, 5) is 0. The van der Waals surface area contributed by atoms with Gasteiger partial charge in [-0.05, 0) is 32.4 Å². The molecule has 2 nitrogen and oxygen atoms in total. The Morgan fingerprint density at radius 2 is 1.70 bits per heavy atom. The summed E-state index contributed by atoms with van der Waals surface area (Å²) in [5.41, 5.74) is 6.25. The largest absolute Gasteiger partial charge is 0.380 e. The molecule has 0 bridgehead atoms. The molecule has 0 aliphatic heterocycles. The van der Waals surface area contributed by atoms with E-state index in [-0.39, 0.29) is 6.04 Å². The van der Waals surface area contributed by atoms with E-state index in [9.17, 15) is 0 Å². The Hall–Kier alpha value is -1.80. The van der Waals surface area contributed by atoms with Gasteiger partial charge in [0.1, 0.15) is 0 Å². The van der Waals surface area contributed by atoms with Crippen molar-refractivity contribution in [2.75, 3.05) is 12.4 Å². The lowest BCUT2D eigenvalue weighted by Crippen LogP contribution is -2.09. The molecule has 1 unspecified atom stereocenters. The molecule has 0 saturated heterocycles. The molecular formula is C18H23NO. The van der Waals surface area contributed by atoms with Crippen LogP contribution < -0.4 is 5.32 Å². The predicted octanol–water partition coefficient (Wildman–Crippen LogP) is 4.62. The molecule has 0 aromatic heterocycles. The molecule has 2 aromatic carbocycles. The fourth-order valence-electron chi connectivity index (χ4n) is 2.52. The minimum Gasteiger partial charge on any atom is -0.380 e. The average molecular weight is 269 g/mol. The highest BCUT2D eigenvalue weighted by Gasteiger charge is 2.09. The predicted molar refractivity (Wildman–Crippen MR) is 85.1 cm³/mol. The summed E-state index contributed by atoms with van der Waals surface area (Å²) in [5, 5.41) is 3.59. The third kappa shape index (κ3) is 3.61. The highest BCUT2D eigenvalue weighted by Crippen LogP contribution is 2.24. The van der Waals surface area contributed by atoms with Gasteiger partial charge in [-0.3, -0.25) is 0 Å². The van der Waals surface area contributed by atoms with Crippen LogP contribution in [0.25, 0.3) is 0 Å². The van der Waals surface area contributed by atoms with Gasteiger partial charge in [0.25, 0.3) is 0 Å². The Kier molecular flexibility index (Phi) is 4.80. The van der Waals surface area contributed by atoms with Crippen LogP contribution in [0.3, 0.4) is 0 Å². The van der Waals surface area contributed by atoms with E-state index < -0.39 is 0 Å². The van der Waals surface area contributed by atoms with Crippen molar-refractivity contribution >= 4 is 5.69 Å². The van der Waals surface area contributed by atoms with Gasteiger partial charge < -0.3 is 10.1 Å². The van der Waals surface area contributed by atoms with E-state index in [2.05, 4.69) is 62.5 Å². The molecule has 0 heterocycles. The van der Waals surface area contributed by atoms with Gasteiger partial charge in [-0.25, -0.2) is 0 Å². The van der Waals surface area contributed by atoms with Gasteiger partial charge in [-0.2, -0.15) is 0 Å². The van der Waals surface area contributed by atoms with Crippen LogP contribution >= 0.6 is 0 Å². The third-order valence-corrected chi connectivity index (χ3v) is 3.43. The second kappa shape index (κ2) is 6.58. The fourth-order valence-corrected chi connectivity index (χ4v) is 2.52. The topological polar surface area (TPSA) is 21.3 Å². The van der Waals surface area contributed by atoms with Gasteiger partial charge >= 0.3 is 0 Å². The van der Waals surface area contributed by atoms with Gasteiger partial charge in [-0.15, -0.1) is 0 Å². The second-order valence-electron chi connectivity index (χ2n) is 5.38. The van der Waals surface area contributed by atoms with E-state index in [1.807, 2.05) is 6.07 Å². The molecule has 20 heavy (non-hydrogen) atoms. The molecule has 0 saturated carbocycles. The van der Waals surface area contributed by atoms with Crippen molar-refractivity contribution in [3.63, 3.8) is 0 Å². The monoisotopic (exact) mass is 269 g/mol. The molecule has 106 valence electrons. The lowest BCUT2D eigenvalue weighted by molar-refractivity contribution is 0.185. The van der Waals surface area contributed by atoms with Crippen molar-refractivity contribution in [3.05, 3.63) is 64.7 Å². The molecule has 1 atom stereocenters. The van der Waals surface area contributed by atoms with Gasteiger partial charge in [0.15, 0.2) is 0 Å². The number of rotatable bonds is 5. The molecule has 0 aliphatic carbocycles. The lowest BCUT2D eigenvalue weighted by atomic mass is 10.0. The zero-order chi connectivity index (χ0) is 14.5. The lowest BCUT2D eigenvalue weighted by Gasteiger charge is -2.19. The molecule has 2 heteroatoms. The van der Waals surface area contributed by atoms with Gasteiger partial charge in [-0.1, -0.05) is 47.5 Å². The van der Waals surface area contributed by atoms with Crippen molar-refractivity contribution in [3.8, 4) is 0 Å². The first-order chi connectivity index (χ1) is 9.60. The van der Waals surface area contributed by atoms with Crippen molar-refractivity contribution < 1.29 is 4.74 Å². The number of para-hydroxylation sites is 1. The van der Waals surface area contributed by atoms with Crippen LogP contribution in [0.2, 0.25) is 0 Å². The molecule has 0 fully saturated rings. The van der Waals surface area contributed by atoms with Gasteiger partial charge in [0, 0.05) is 24.4 Å². The Bertz CT molecular complexity index is 557. The molecule has 0 spiro atoms. The third-order valence-electron chi connectivity index (χ3n) is 3.43. The fraction of sp³-hybridized carbons (Fsp3) is 0.333. The second-order valence-corrected chi connectivity index (χ2v) is 5.38. The summed E-state index contributed by atoms with van der Waals surface area (Å²) >= 11 is 0. The minimum absolute atomic E-state index is 0.270. The average Bonchev–Trinajstić information content (AvgIpc) is 2.40. The number of benzene rings is 2. The SMILES string of the molecule is COCc1ccccc1NC(C)c1cc(C)cc(C)c1. The normalized spacial score (nSPS) is 12.2. The maximum absolute atomic E-state index is 5.25. The summed E-state index contributed by atoms with van der Waals surface area (Å²) in [6.45, 7) is 7.10. The minimum atomic E-state index is 0.270. The Morgan fingerprint density at radius 1 is 1.05 bits per heavy atom. The maximum atomic E-state index is 5.25. The van der Waals surface area contributed by atoms with E-state index in [4.69, 9.17) is 4.74 Å². The van der Waals surface area contributed by atoms with Crippen LogP contribution in [0.5, 0.6) is 0 Å². The first kappa shape index (κ1) is 14.6. The number of hydrogen-bond acceptors (Lipinski definition) is 2. The smallest absolute Gasteiger partial charge is 0.0733 e. The maximum Gasteiger partial charge on any atom is 0.0733 e. The highest BCUT2D eigenvalue weighted by atomic mass is 16.5. The molecule has 0 radical (unpaired) electrons. The Balaban J connectivity index is 2.21. The Labute approximate surface area is 121 Å². The van der Waals surface area contributed by atoms with E-state index in [0.29, 0.717) is 6.61 Å². The zero-order valence-electron chi connectivity index (χ0n) is 12.7. The number of ether oxygens (including phenoxy) is 1. The number of nitrogens with one attached hydrogen (secondary N) is 1. The Morgan fingerprint density at radius 3 is 2.35 bits per heavy atom. The first-order valence-corrected chi connectivity index (χ1v) is 7.01. The number of aryl methyl sites for hydroxylation is 2. The van der Waals surface area contributed by atoms with Crippen LogP contribution in [0.15, 0.2) is 42.5 Å². The summed E-state index contributed by atoms with van der Waals surface area (Å²) in [7, 11) is 1.73. The number of anilines is 1. The van der Waals surface area contributed by atoms with Crippen LogP contribution in [0, 0.1) is 13.8 Å². The van der Waals surface area contributed by atoms with Crippen molar-refractivity contribution in [2.24, 2.45) is 0 Å². The van der Waals surface area contributed by atoms with Crippen LogP contribution in [-0.2, 0) is 11.3 Å². The molecular weight excluding hydrogens is 246 g/mol. The van der Waals surface area contributed by atoms with Crippen LogP contribution in [0.1, 0.15) is 35.2 Å². The van der Waals surface area contributed by atoms with E-state index in [1.54, 1.807) is 7.11 Å². The molecule has 0 aliphatic rings. The molecule has 0 amide bonds. The van der Waals surface area contributed by atoms with Crippen LogP contribution in [-0.4, -0.2) is 7.11 Å². The highest BCUT2D eigenvalue weighted by molar-refractivity contribution is 5.52. The van der Waals surface area contributed by atoms with Crippen molar-refractivity contribution in [1.29, 1.82) is 0 Å². The summed E-state index contributed by atoms with van der Waals surface area (Å²) in [6.07, 6.45) is 0.